The molecule has 3 nitrogen and oxygen atoms in total. The summed E-state index contributed by atoms with van der Waals surface area (Å²) in [4.78, 5) is 2.46. The first-order valence-electron chi connectivity index (χ1n) is 6.31. The first kappa shape index (κ1) is 12.2. The van der Waals surface area contributed by atoms with Gasteiger partial charge < -0.3 is 15.0 Å². The molecule has 0 aromatic heterocycles. The molecule has 0 saturated carbocycles. The van der Waals surface area contributed by atoms with Gasteiger partial charge in [-0.15, -0.1) is 0 Å². The number of aryl methyl sites for hydroxylation is 1. The topological polar surface area (TPSA) is 24.5 Å². The molecule has 1 unspecified atom stereocenters. The SMILES string of the molecule is COc1ccc(N2CCNCC(C)C2)cc1C. The summed E-state index contributed by atoms with van der Waals surface area (Å²) >= 11 is 0. The van der Waals surface area contributed by atoms with Gasteiger partial charge in [-0.3, -0.25) is 0 Å². The van der Waals surface area contributed by atoms with Gasteiger partial charge in [-0.25, -0.2) is 0 Å². The van der Waals surface area contributed by atoms with Crippen LogP contribution in [0.2, 0.25) is 0 Å². The summed E-state index contributed by atoms with van der Waals surface area (Å²) in [6.07, 6.45) is 0. The molecule has 1 aliphatic rings. The van der Waals surface area contributed by atoms with E-state index in [-0.39, 0.29) is 0 Å². The van der Waals surface area contributed by atoms with Crippen molar-refractivity contribution in [1.82, 2.24) is 5.32 Å². The lowest BCUT2D eigenvalue weighted by atomic mass is 10.1. The van der Waals surface area contributed by atoms with Crippen LogP contribution in [0.15, 0.2) is 18.2 Å². The largest absolute Gasteiger partial charge is 0.496 e. The van der Waals surface area contributed by atoms with Gasteiger partial charge in [-0.2, -0.15) is 0 Å². The predicted molar refractivity (Wildman–Crippen MR) is 72.0 cm³/mol. The zero-order valence-corrected chi connectivity index (χ0v) is 11.0. The van der Waals surface area contributed by atoms with Crippen LogP contribution in [0.3, 0.4) is 0 Å². The molecule has 94 valence electrons. The third-order valence-corrected chi connectivity index (χ3v) is 3.33. The number of hydrogen-bond acceptors (Lipinski definition) is 3. The highest BCUT2D eigenvalue weighted by Crippen LogP contribution is 2.25. The Labute approximate surface area is 104 Å². The molecular weight excluding hydrogens is 212 g/mol. The lowest BCUT2D eigenvalue weighted by Crippen LogP contribution is -2.29. The van der Waals surface area contributed by atoms with Crippen molar-refractivity contribution in [2.75, 3.05) is 38.2 Å². The zero-order chi connectivity index (χ0) is 12.3. The van der Waals surface area contributed by atoms with Crippen molar-refractivity contribution >= 4 is 5.69 Å². The average Bonchev–Trinajstić information content (AvgIpc) is 2.54. The fourth-order valence-electron chi connectivity index (χ4n) is 2.39. The van der Waals surface area contributed by atoms with E-state index in [0.29, 0.717) is 5.92 Å². The zero-order valence-electron chi connectivity index (χ0n) is 11.0. The van der Waals surface area contributed by atoms with E-state index in [1.807, 2.05) is 0 Å². The minimum Gasteiger partial charge on any atom is -0.496 e. The minimum atomic E-state index is 0.694. The quantitative estimate of drug-likeness (QED) is 0.847. The molecule has 3 heteroatoms. The molecule has 1 fully saturated rings. The summed E-state index contributed by atoms with van der Waals surface area (Å²) in [6, 6.07) is 6.44. The van der Waals surface area contributed by atoms with Crippen LogP contribution in [-0.4, -0.2) is 33.3 Å². The van der Waals surface area contributed by atoms with E-state index < -0.39 is 0 Å². The van der Waals surface area contributed by atoms with Crippen molar-refractivity contribution in [3.63, 3.8) is 0 Å². The standard InChI is InChI=1S/C14H22N2O/c1-11-9-15-6-7-16(10-11)13-4-5-14(17-3)12(2)8-13/h4-5,8,11,15H,6-7,9-10H2,1-3H3. The number of benzene rings is 1. The van der Waals surface area contributed by atoms with Crippen LogP contribution < -0.4 is 15.0 Å². The highest BCUT2D eigenvalue weighted by Gasteiger charge is 2.15. The van der Waals surface area contributed by atoms with Crippen molar-refractivity contribution in [3.05, 3.63) is 23.8 Å². The maximum Gasteiger partial charge on any atom is 0.121 e. The second-order valence-corrected chi connectivity index (χ2v) is 4.91. The van der Waals surface area contributed by atoms with Crippen molar-refractivity contribution in [3.8, 4) is 5.75 Å². The number of methoxy groups -OCH3 is 1. The molecule has 17 heavy (non-hydrogen) atoms. The molecule has 0 spiro atoms. The number of nitrogens with zero attached hydrogens (tertiary/aromatic N) is 1. The Hall–Kier alpha value is -1.22. The van der Waals surface area contributed by atoms with Crippen molar-refractivity contribution < 1.29 is 4.74 Å². The predicted octanol–water partition coefficient (Wildman–Crippen LogP) is 2.05. The van der Waals surface area contributed by atoms with E-state index in [1.54, 1.807) is 7.11 Å². The van der Waals surface area contributed by atoms with E-state index in [1.165, 1.54) is 11.3 Å². The molecule has 0 radical (unpaired) electrons. The maximum absolute atomic E-state index is 5.30. The van der Waals surface area contributed by atoms with Crippen LogP contribution in [0.25, 0.3) is 0 Å². The first-order valence-corrected chi connectivity index (χ1v) is 6.31. The van der Waals surface area contributed by atoms with Crippen molar-refractivity contribution in [2.45, 2.75) is 13.8 Å². The van der Waals surface area contributed by atoms with Gasteiger partial charge in [-0.1, -0.05) is 6.92 Å². The second kappa shape index (κ2) is 5.41. The molecule has 1 aromatic carbocycles. The Morgan fingerprint density at radius 1 is 1.41 bits per heavy atom. The molecule has 1 atom stereocenters. The van der Waals surface area contributed by atoms with Gasteiger partial charge in [0.2, 0.25) is 0 Å². The van der Waals surface area contributed by atoms with E-state index in [0.717, 1.165) is 31.9 Å². The van der Waals surface area contributed by atoms with Gasteiger partial charge in [0.1, 0.15) is 5.75 Å². The van der Waals surface area contributed by atoms with Gasteiger partial charge >= 0.3 is 0 Å². The molecule has 0 amide bonds. The summed E-state index contributed by atoms with van der Waals surface area (Å²) in [5.74, 6) is 1.66. The van der Waals surface area contributed by atoms with E-state index in [2.05, 4.69) is 42.3 Å². The molecule has 1 N–H and O–H groups in total. The molecule has 1 aliphatic heterocycles. The van der Waals surface area contributed by atoms with Crippen LogP contribution in [0.1, 0.15) is 12.5 Å². The van der Waals surface area contributed by atoms with Gasteiger partial charge in [0, 0.05) is 25.3 Å². The third kappa shape index (κ3) is 2.91. The Morgan fingerprint density at radius 3 is 2.94 bits per heavy atom. The molecule has 2 rings (SSSR count). The summed E-state index contributed by atoms with van der Waals surface area (Å²) in [5, 5.41) is 3.47. The van der Waals surface area contributed by atoms with E-state index >= 15 is 0 Å². The fraction of sp³-hybridized carbons (Fsp3) is 0.571. The Morgan fingerprint density at radius 2 is 2.24 bits per heavy atom. The lowest BCUT2D eigenvalue weighted by Gasteiger charge is -2.25. The number of rotatable bonds is 2. The second-order valence-electron chi connectivity index (χ2n) is 4.91. The monoisotopic (exact) mass is 234 g/mol. The highest BCUT2D eigenvalue weighted by molar-refractivity contribution is 5.53. The number of nitrogens with one attached hydrogen (secondary N) is 1. The van der Waals surface area contributed by atoms with Crippen LogP contribution in [-0.2, 0) is 0 Å². The normalized spacial score (nSPS) is 21.1. The van der Waals surface area contributed by atoms with Crippen molar-refractivity contribution in [2.24, 2.45) is 5.92 Å². The Kier molecular flexibility index (Phi) is 3.89. The summed E-state index contributed by atoms with van der Waals surface area (Å²) in [5.41, 5.74) is 2.51. The van der Waals surface area contributed by atoms with Gasteiger partial charge in [0.05, 0.1) is 7.11 Å². The Balaban J connectivity index is 2.17. The van der Waals surface area contributed by atoms with Gasteiger partial charge in [0.25, 0.3) is 0 Å². The van der Waals surface area contributed by atoms with Crippen molar-refractivity contribution in [1.29, 1.82) is 0 Å². The molecule has 0 aliphatic carbocycles. The minimum absolute atomic E-state index is 0.694. The average molecular weight is 234 g/mol. The van der Waals surface area contributed by atoms with E-state index in [4.69, 9.17) is 4.74 Å². The number of anilines is 1. The highest BCUT2D eigenvalue weighted by atomic mass is 16.5. The van der Waals surface area contributed by atoms with Gasteiger partial charge in [-0.05, 0) is 43.1 Å². The maximum atomic E-state index is 5.30. The Bertz CT molecular complexity index is 378. The third-order valence-electron chi connectivity index (χ3n) is 3.33. The smallest absolute Gasteiger partial charge is 0.121 e. The lowest BCUT2D eigenvalue weighted by molar-refractivity contribution is 0.411. The molecular formula is C14H22N2O. The first-order chi connectivity index (χ1) is 8.20. The van der Waals surface area contributed by atoms with E-state index in [9.17, 15) is 0 Å². The number of hydrogen-bond donors (Lipinski definition) is 1. The summed E-state index contributed by atoms with van der Waals surface area (Å²) in [7, 11) is 1.72. The van der Waals surface area contributed by atoms with Crippen LogP contribution in [0.4, 0.5) is 5.69 Å². The summed E-state index contributed by atoms with van der Waals surface area (Å²) < 4.78 is 5.30. The van der Waals surface area contributed by atoms with Crippen LogP contribution in [0, 0.1) is 12.8 Å². The van der Waals surface area contributed by atoms with Gasteiger partial charge in [0.15, 0.2) is 0 Å². The molecule has 1 heterocycles. The molecule has 1 saturated heterocycles. The molecule has 0 bridgehead atoms. The van der Waals surface area contributed by atoms with Crippen LogP contribution in [0.5, 0.6) is 5.75 Å². The fourth-order valence-corrected chi connectivity index (χ4v) is 2.39. The number of ether oxygens (including phenoxy) is 1. The summed E-state index contributed by atoms with van der Waals surface area (Å²) in [6.45, 7) is 8.78. The van der Waals surface area contributed by atoms with Crippen LogP contribution >= 0.6 is 0 Å². The molecule has 1 aromatic rings.